The smallest absolute Gasteiger partial charge is 0.354 e. The maximum atomic E-state index is 12.8. The maximum absolute atomic E-state index is 12.8. The van der Waals surface area contributed by atoms with Crippen molar-refractivity contribution in [3.63, 3.8) is 0 Å². The fourth-order valence-corrected chi connectivity index (χ4v) is 3.40. The van der Waals surface area contributed by atoms with Gasteiger partial charge in [-0.3, -0.25) is 9.59 Å². The van der Waals surface area contributed by atoms with E-state index >= 15 is 0 Å². The van der Waals surface area contributed by atoms with Gasteiger partial charge in [0.2, 0.25) is 5.91 Å². The molecule has 0 radical (unpaired) electrons. The number of esters is 1. The Bertz CT molecular complexity index is 671. The van der Waals surface area contributed by atoms with E-state index in [0.29, 0.717) is 23.4 Å². The van der Waals surface area contributed by atoms with Crippen LogP contribution in [0.25, 0.3) is 0 Å². The van der Waals surface area contributed by atoms with Crippen LogP contribution in [0.1, 0.15) is 58.3 Å². The Morgan fingerprint density at radius 3 is 2.33 bits per heavy atom. The summed E-state index contributed by atoms with van der Waals surface area (Å²) in [5, 5.41) is 0. The number of ketones is 1. The van der Waals surface area contributed by atoms with Gasteiger partial charge in [0.1, 0.15) is 5.69 Å². The van der Waals surface area contributed by atoms with Crippen LogP contribution in [-0.2, 0) is 16.1 Å². The lowest BCUT2D eigenvalue weighted by molar-refractivity contribution is -0.136. The molecule has 0 saturated heterocycles. The molecule has 0 spiro atoms. The molecule has 1 heterocycles. The Balaban J connectivity index is 2.27. The molecule has 0 aromatic carbocycles. The summed E-state index contributed by atoms with van der Waals surface area (Å²) in [5.41, 5.74) is 2.29. The highest BCUT2D eigenvalue weighted by Gasteiger charge is 2.31. The van der Waals surface area contributed by atoms with Crippen molar-refractivity contribution in [2.24, 2.45) is 5.92 Å². The van der Waals surface area contributed by atoms with Gasteiger partial charge in [0.15, 0.2) is 5.78 Å². The standard InChI is InChI=1S/C18H26N2O4/c1-6-20-12(3)15(11(2)16(20)18(23)24-5)14(21)10-19(4)17(22)13-8-7-9-13/h13H,6-10H2,1-5H3. The van der Waals surface area contributed by atoms with Gasteiger partial charge in [-0.25, -0.2) is 4.79 Å². The molecule has 0 unspecified atom stereocenters. The predicted octanol–water partition coefficient (Wildman–Crippen LogP) is 2.35. The molecule has 0 atom stereocenters. The van der Waals surface area contributed by atoms with E-state index in [1.807, 2.05) is 13.8 Å². The number of aromatic nitrogens is 1. The van der Waals surface area contributed by atoms with Gasteiger partial charge in [-0.05, 0) is 39.2 Å². The molecule has 1 saturated carbocycles. The van der Waals surface area contributed by atoms with E-state index in [1.165, 1.54) is 12.0 Å². The number of hydrogen-bond acceptors (Lipinski definition) is 4. The molecule has 1 aromatic rings. The minimum atomic E-state index is -0.449. The summed E-state index contributed by atoms with van der Waals surface area (Å²) in [5.74, 6) is -0.489. The lowest BCUT2D eigenvalue weighted by Gasteiger charge is -2.28. The lowest BCUT2D eigenvalue weighted by Crippen LogP contribution is -2.39. The van der Waals surface area contributed by atoms with Gasteiger partial charge in [-0.2, -0.15) is 0 Å². The molecule has 1 fully saturated rings. The minimum absolute atomic E-state index is 0.0331. The number of Topliss-reactive ketones (excluding diaryl/α,β-unsaturated/α-hetero) is 1. The Kier molecular flexibility index (Phi) is 5.47. The molecular weight excluding hydrogens is 308 g/mol. The van der Waals surface area contributed by atoms with Crippen LogP contribution in [0.2, 0.25) is 0 Å². The number of carbonyl (C=O) groups excluding carboxylic acids is 3. The molecule has 1 aliphatic carbocycles. The summed E-state index contributed by atoms with van der Waals surface area (Å²) < 4.78 is 6.64. The first-order valence-electron chi connectivity index (χ1n) is 8.39. The number of methoxy groups -OCH3 is 1. The third kappa shape index (κ3) is 3.09. The van der Waals surface area contributed by atoms with E-state index in [9.17, 15) is 14.4 Å². The number of rotatable bonds is 6. The number of ether oxygens (including phenoxy) is 1. The number of amides is 1. The van der Waals surface area contributed by atoms with Crippen molar-refractivity contribution in [3.05, 3.63) is 22.5 Å². The van der Waals surface area contributed by atoms with Gasteiger partial charge in [0, 0.05) is 30.8 Å². The SMILES string of the molecule is CCn1c(C)c(C(=O)CN(C)C(=O)C2CCC2)c(C)c1C(=O)OC. The van der Waals surface area contributed by atoms with Gasteiger partial charge >= 0.3 is 5.97 Å². The molecule has 6 heteroatoms. The van der Waals surface area contributed by atoms with E-state index in [0.717, 1.165) is 25.0 Å². The average Bonchev–Trinajstić information content (AvgIpc) is 2.74. The van der Waals surface area contributed by atoms with Crippen LogP contribution in [0, 0.1) is 19.8 Å². The van der Waals surface area contributed by atoms with Crippen LogP contribution >= 0.6 is 0 Å². The van der Waals surface area contributed by atoms with Gasteiger partial charge < -0.3 is 14.2 Å². The first-order valence-corrected chi connectivity index (χ1v) is 8.39. The van der Waals surface area contributed by atoms with Gasteiger partial charge in [-0.15, -0.1) is 0 Å². The summed E-state index contributed by atoms with van der Waals surface area (Å²) in [6.45, 7) is 6.10. The fraction of sp³-hybridized carbons (Fsp3) is 0.611. The normalized spacial score (nSPS) is 14.2. The zero-order chi connectivity index (χ0) is 18.0. The zero-order valence-corrected chi connectivity index (χ0v) is 15.1. The summed E-state index contributed by atoms with van der Waals surface area (Å²) >= 11 is 0. The minimum Gasteiger partial charge on any atom is -0.464 e. The number of likely N-dealkylation sites (N-methyl/N-ethyl adjacent to an activating group) is 1. The first-order chi connectivity index (χ1) is 11.3. The summed E-state index contributed by atoms with van der Waals surface area (Å²) in [4.78, 5) is 38.6. The van der Waals surface area contributed by atoms with Crippen LogP contribution in [0.5, 0.6) is 0 Å². The van der Waals surface area contributed by atoms with Crippen LogP contribution in [0.15, 0.2) is 0 Å². The third-order valence-corrected chi connectivity index (χ3v) is 4.95. The van der Waals surface area contributed by atoms with Crippen LogP contribution in [0.3, 0.4) is 0 Å². The van der Waals surface area contributed by atoms with Crippen LogP contribution < -0.4 is 0 Å². The maximum Gasteiger partial charge on any atom is 0.354 e. The zero-order valence-electron chi connectivity index (χ0n) is 15.1. The van der Waals surface area contributed by atoms with Crippen molar-refractivity contribution in [1.82, 2.24) is 9.47 Å². The van der Waals surface area contributed by atoms with Crippen molar-refractivity contribution in [2.45, 2.75) is 46.6 Å². The Morgan fingerprint density at radius 1 is 1.25 bits per heavy atom. The van der Waals surface area contributed by atoms with E-state index in [2.05, 4.69) is 0 Å². The van der Waals surface area contributed by atoms with Crippen molar-refractivity contribution >= 4 is 17.7 Å². The molecule has 1 amide bonds. The molecule has 0 N–H and O–H groups in total. The molecular formula is C18H26N2O4. The van der Waals surface area contributed by atoms with Gasteiger partial charge in [0.25, 0.3) is 0 Å². The molecule has 0 bridgehead atoms. The monoisotopic (exact) mass is 334 g/mol. The van der Waals surface area contributed by atoms with Crippen molar-refractivity contribution in [1.29, 1.82) is 0 Å². The highest BCUT2D eigenvalue weighted by molar-refractivity contribution is 6.04. The quantitative estimate of drug-likeness (QED) is 0.591. The first kappa shape index (κ1) is 18.2. The topological polar surface area (TPSA) is 68.6 Å². The average molecular weight is 334 g/mol. The number of carbonyl (C=O) groups is 3. The molecule has 1 aromatic heterocycles. The second-order valence-electron chi connectivity index (χ2n) is 6.42. The third-order valence-electron chi connectivity index (χ3n) is 4.95. The second-order valence-corrected chi connectivity index (χ2v) is 6.42. The van der Waals surface area contributed by atoms with Crippen LogP contribution in [0.4, 0.5) is 0 Å². The summed E-state index contributed by atoms with van der Waals surface area (Å²) in [7, 11) is 3.00. The Hall–Kier alpha value is -2.11. The Labute approximate surface area is 142 Å². The van der Waals surface area contributed by atoms with Gasteiger partial charge in [0.05, 0.1) is 13.7 Å². The van der Waals surface area contributed by atoms with E-state index < -0.39 is 5.97 Å². The van der Waals surface area contributed by atoms with E-state index in [1.54, 1.807) is 18.5 Å². The number of hydrogen-bond donors (Lipinski definition) is 0. The van der Waals surface area contributed by atoms with Crippen molar-refractivity contribution in [3.8, 4) is 0 Å². The second kappa shape index (κ2) is 7.20. The van der Waals surface area contributed by atoms with Crippen LogP contribution in [-0.4, -0.2) is 47.8 Å². The predicted molar refractivity (Wildman–Crippen MR) is 90.2 cm³/mol. The van der Waals surface area contributed by atoms with Crippen molar-refractivity contribution in [2.75, 3.05) is 20.7 Å². The molecule has 0 aliphatic heterocycles. The highest BCUT2D eigenvalue weighted by atomic mass is 16.5. The Morgan fingerprint density at radius 2 is 1.88 bits per heavy atom. The van der Waals surface area contributed by atoms with E-state index in [4.69, 9.17) is 4.74 Å². The van der Waals surface area contributed by atoms with E-state index in [-0.39, 0.29) is 24.2 Å². The summed E-state index contributed by atoms with van der Waals surface area (Å²) in [6, 6.07) is 0. The molecule has 24 heavy (non-hydrogen) atoms. The van der Waals surface area contributed by atoms with Crippen molar-refractivity contribution < 1.29 is 19.1 Å². The van der Waals surface area contributed by atoms with Gasteiger partial charge in [-0.1, -0.05) is 6.42 Å². The molecule has 2 rings (SSSR count). The highest BCUT2D eigenvalue weighted by Crippen LogP contribution is 2.28. The molecule has 6 nitrogen and oxygen atoms in total. The lowest BCUT2D eigenvalue weighted by atomic mass is 9.84. The largest absolute Gasteiger partial charge is 0.464 e. The fourth-order valence-electron chi connectivity index (χ4n) is 3.40. The molecule has 132 valence electrons. The summed E-state index contributed by atoms with van der Waals surface area (Å²) in [6.07, 6.45) is 2.90. The molecule has 1 aliphatic rings. The number of nitrogens with zero attached hydrogens (tertiary/aromatic N) is 2.